The molecule has 6 nitrogen and oxygen atoms in total. The van der Waals surface area contributed by atoms with Crippen molar-refractivity contribution >= 4 is 5.97 Å². The van der Waals surface area contributed by atoms with Gasteiger partial charge < -0.3 is 14.2 Å². The number of methoxy groups -OCH3 is 1. The molecule has 0 saturated carbocycles. The fourth-order valence-corrected chi connectivity index (χ4v) is 2.29. The highest BCUT2D eigenvalue weighted by Crippen LogP contribution is 2.07. The lowest BCUT2D eigenvalue weighted by atomic mass is 10.2. The van der Waals surface area contributed by atoms with Crippen LogP contribution in [0.5, 0.6) is 0 Å². The van der Waals surface area contributed by atoms with Gasteiger partial charge in [-0.25, -0.2) is 4.79 Å². The van der Waals surface area contributed by atoms with Gasteiger partial charge in [0.25, 0.3) is 0 Å². The summed E-state index contributed by atoms with van der Waals surface area (Å²) in [6.07, 6.45) is -0.423. The van der Waals surface area contributed by atoms with Crippen LogP contribution in [0.1, 0.15) is 0 Å². The van der Waals surface area contributed by atoms with Crippen molar-refractivity contribution < 1.29 is 19.0 Å². The molecule has 2 aliphatic rings. The Balaban J connectivity index is 1.70. The lowest BCUT2D eigenvalue weighted by molar-refractivity contribution is -0.159. The smallest absolute Gasteiger partial charge is 0.336 e. The molecule has 0 amide bonds. The highest BCUT2D eigenvalue weighted by Gasteiger charge is 2.27. The van der Waals surface area contributed by atoms with Crippen molar-refractivity contribution in [3.8, 4) is 0 Å². The minimum absolute atomic E-state index is 0.272. The summed E-state index contributed by atoms with van der Waals surface area (Å²) in [6.45, 7) is 7.78. The maximum atomic E-state index is 11.4. The third kappa shape index (κ3) is 3.91. The molecule has 1 atom stereocenters. The van der Waals surface area contributed by atoms with Crippen molar-refractivity contribution in [3.05, 3.63) is 0 Å². The molecule has 0 N–H and O–H groups in total. The molecule has 2 heterocycles. The molecule has 18 heavy (non-hydrogen) atoms. The van der Waals surface area contributed by atoms with E-state index < -0.39 is 6.10 Å². The summed E-state index contributed by atoms with van der Waals surface area (Å²) in [5, 5.41) is 0. The summed E-state index contributed by atoms with van der Waals surface area (Å²) in [7, 11) is 1.40. The maximum absolute atomic E-state index is 11.4. The first kappa shape index (κ1) is 13.7. The predicted molar refractivity (Wildman–Crippen MR) is 65.5 cm³/mol. The minimum Gasteiger partial charge on any atom is -0.467 e. The molecule has 6 heteroatoms. The Morgan fingerprint density at radius 2 is 1.83 bits per heavy atom. The molecule has 0 aliphatic carbocycles. The van der Waals surface area contributed by atoms with E-state index in [1.165, 1.54) is 7.11 Å². The van der Waals surface area contributed by atoms with Crippen LogP contribution < -0.4 is 0 Å². The summed E-state index contributed by atoms with van der Waals surface area (Å²) in [6, 6.07) is 0. The monoisotopic (exact) mass is 258 g/mol. The van der Waals surface area contributed by atoms with E-state index in [-0.39, 0.29) is 5.97 Å². The van der Waals surface area contributed by atoms with Crippen molar-refractivity contribution in [1.82, 2.24) is 9.80 Å². The van der Waals surface area contributed by atoms with Gasteiger partial charge in [-0.15, -0.1) is 0 Å². The van der Waals surface area contributed by atoms with E-state index in [2.05, 4.69) is 9.80 Å². The van der Waals surface area contributed by atoms with E-state index in [9.17, 15) is 4.79 Å². The molecule has 2 saturated heterocycles. The number of morpholine rings is 2. The van der Waals surface area contributed by atoms with Crippen LogP contribution in [0, 0.1) is 0 Å². The van der Waals surface area contributed by atoms with Gasteiger partial charge in [-0.2, -0.15) is 0 Å². The first-order chi connectivity index (χ1) is 8.79. The van der Waals surface area contributed by atoms with E-state index in [1.54, 1.807) is 0 Å². The van der Waals surface area contributed by atoms with Gasteiger partial charge >= 0.3 is 5.97 Å². The third-order valence-corrected chi connectivity index (χ3v) is 3.45. The van der Waals surface area contributed by atoms with Crippen LogP contribution in [0.4, 0.5) is 0 Å². The van der Waals surface area contributed by atoms with Gasteiger partial charge in [-0.05, 0) is 0 Å². The maximum Gasteiger partial charge on any atom is 0.336 e. The summed E-state index contributed by atoms with van der Waals surface area (Å²) in [4.78, 5) is 16.1. The molecule has 0 radical (unpaired) electrons. The predicted octanol–water partition coefficient (Wildman–Crippen LogP) is -0.808. The molecule has 2 aliphatic heterocycles. The van der Waals surface area contributed by atoms with Crippen LogP contribution >= 0.6 is 0 Å². The molecule has 2 fully saturated rings. The van der Waals surface area contributed by atoms with Gasteiger partial charge in [0.15, 0.2) is 6.10 Å². The lowest BCUT2D eigenvalue weighted by Gasteiger charge is -2.34. The SMILES string of the molecule is COC(=O)C1CN(CCN2CCOCC2)CCO1. The van der Waals surface area contributed by atoms with Crippen LogP contribution in [0.15, 0.2) is 0 Å². The van der Waals surface area contributed by atoms with Gasteiger partial charge in [-0.3, -0.25) is 9.80 Å². The quantitative estimate of drug-likeness (QED) is 0.615. The summed E-state index contributed by atoms with van der Waals surface area (Å²) < 4.78 is 15.4. The Bertz CT molecular complexity index is 269. The Morgan fingerprint density at radius 3 is 2.56 bits per heavy atom. The number of esters is 1. The van der Waals surface area contributed by atoms with Crippen LogP contribution in [-0.2, 0) is 19.0 Å². The van der Waals surface area contributed by atoms with E-state index >= 15 is 0 Å². The molecule has 0 aromatic heterocycles. The highest BCUT2D eigenvalue weighted by atomic mass is 16.6. The van der Waals surface area contributed by atoms with Crippen molar-refractivity contribution in [1.29, 1.82) is 0 Å². The first-order valence-corrected chi connectivity index (χ1v) is 6.51. The number of carbonyl (C=O) groups excluding carboxylic acids is 1. The highest BCUT2D eigenvalue weighted by molar-refractivity contribution is 5.74. The normalized spacial score (nSPS) is 27.1. The zero-order chi connectivity index (χ0) is 12.8. The molecule has 1 unspecified atom stereocenters. The van der Waals surface area contributed by atoms with Crippen molar-refractivity contribution in [2.24, 2.45) is 0 Å². The number of rotatable bonds is 4. The Hall–Kier alpha value is -0.690. The average Bonchev–Trinajstić information content (AvgIpc) is 2.45. The molecule has 0 aromatic rings. The molecular formula is C12H22N2O4. The minimum atomic E-state index is -0.423. The van der Waals surface area contributed by atoms with E-state index in [1.807, 2.05) is 0 Å². The number of hydrogen-bond donors (Lipinski definition) is 0. The number of hydrogen-bond acceptors (Lipinski definition) is 6. The molecular weight excluding hydrogens is 236 g/mol. The Morgan fingerprint density at radius 1 is 1.17 bits per heavy atom. The number of nitrogens with zero attached hydrogens (tertiary/aromatic N) is 2. The third-order valence-electron chi connectivity index (χ3n) is 3.45. The number of carbonyl (C=O) groups is 1. The van der Waals surface area contributed by atoms with Gasteiger partial charge in [-0.1, -0.05) is 0 Å². The fourth-order valence-electron chi connectivity index (χ4n) is 2.29. The second-order valence-corrected chi connectivity index (χ2v) is 4.64. The van der Waals surface area contributed by atoms with Crippen LogP contribution in [0.2, 0.25) is 0 Å². The number of ether oxygens (including phenoxy) is 3. The van der Waals surface area contributed by atoms with Gasteiger partial charge in [0.05, 0.1) is 26.9 Å². The van der Waals surface area contributed by atoms with Gasteiger partial charge in [0.2, 0.25) is 0 Å². The van der Waals surface area contributed by atoms with Gasteiger partial charge in [0.1, 0.15) is 0 Å². The molecule has 0 aromatic carbocycles. The lowest BCUT2D eigenvalue weighted by Crippen LogP contribution is -2.49. The second-order valence-electron chi connectivity index (χ2n) is 4.64. The van der Waals surface area contributed by atoms with Crippen LogP contribution in [0.3, 0.4) is 0 Å². The van der Waals surface area contributed by atoms with E-state index in [0.29, 0.717) is 13.2 Å². The first-order valence-electron chi connectivity index (χ1n) is 6.51. The van der Waals surface area contributed by atoms with Crippen molar-refractivity contribution in [2.45, 2.75) is 6.10 Å². The Kier molecular flexibility index (Phi) is 5.37. The van der Waals surface area contributed by atoms with Crippen LogP contribution in [-0.4, -0.2) is 88.1 Å². The molecule has 0 bridgehead atoms. The van der Waals surface area contributed by atoms with E-state index in [0.717, 1.165) is 45.9 Å². The Labute approximate surface area is 108 Å². The summed E-state index contributed by atoms with van der Waals surface area (Å²) in [5.41, 5.74) is 0. The fraction of sp³-hybridized carbons (Fsp3) is 0.917. The van der Waals surface area contributed by atoms with Crippen molar-refractivity contribution in [3.63, 3.8) is 0 Å². The van der Waals surface area contributed by atoms with Gasteiger partial charge in [0, 0.05) is 39.3 Å². The molecule has 0 spiro atoms. The zero-order valence-electron chi connectivity index (χ0n) is 11.0. The molecule has 104 valence electrons. The largest absolute Gasteiger partial charge is 0.467 e. The van der Waals surface area contributed by atoms with Crippen LogP contribution in [0.25, 0.3) is 0 Å². The standard InChI is InChI=1S/C12H22N2O4/c1-16-12(15)11-10-14(6-9-18-11)3-2-13-4-7-17-8-5-13/h11H,2-10H2,1H3. The molecule has 2 rings (SSSR count). The zero-order valence-corrected chi connectivity index (χ0v) is 11.0. The average molecular weight is 258 g/mol. The topological polar surface area (TPSA) is 51.2 Å². The summed E-state index contributed by atoms with van der Waals surface area (Å²) >= 11 is 0. The van der Waals surface area contributed by atoms with Crippen molar-refractivity contribution in [2.75, 3.05) is 66.2 Å². The second kappa shape index (κ2) is 7.04. The van der Waals surface area contributed by atoms with E-state index in [4.69, 9.17) is 14.2 Å². The summed E-state index contributed by atoms with van der Waals surface area (Å²) in [5.74, 6) is -0.272.